The average Bonchev–Trinajstić information content (AvgIpc) is 3.20. The van der Waals surface area contributed by atoms with Gasteiger partial charge in [-0.3, -0.25) is 19.2 Å². The second-order valence-corrected chi connectivity index (χ2v) is 8.97. The Labute approximate surface area is 204 Å². The van der Waals surface area contributed by atoms with Gasteiger partial charge in [0.2, 0.25) is 0 Å². The molecule has 2 amide bonds. The van der Waals surface area contributed by atoms with Gasteiger partial charge in [0.1, 0.15) is 0 Å². The van der Waals surface area contributed by atoms with Gasteiger partial charge in [-0.25, -0.2) is 17.6 Å². The van der Waals surface area contributed by atoms with E-state index in [0.717, 1.165) is 62.8 Å². The zero-order valence-electron chi connectivity index (χ0n) is 19.4. The van der Waals surface area contributed by atoms with Crippen LogP contribution < -0.4 is 9.80 Å². The van der Waals surface area contributed by atoms with E-state index >= 15 is 0 Å². The minimum absolute atomic E-state index is 0.109. The van der Waals surface area contributed by atoms with Gasteiger partial charge >= 0.3 is 0 Å². The third-order valence-electron chi connectivity index (χ3n) is 6.54. The summed E-state index contributed by atoms with van der Waals surface area (Å²) in [4.78, 5) is 50.6. The van der Waals surface area contributed by atoms with Crippen LogP contribution >= 0.6 is 0 Å². The highest BCUT2D eigenvalue weighted by atomic mass is 19.2. The minimum Gasteiger partial charge on any atom is -0.305 e. The molecule has 0 aliphatic carbocycles. The maximum absolute atomic E-state index is 13.6. The number of Topliss-reactive ketones (excluding diaryl/α,β-unsaturated/α-hetero) is 2. The number of halogens is 4. The van der Waals surface area contributed by atoms with Crippen LogP contribution in [-0.4, -0.2) is 36.5 Å². The molecule has 2 aromatic rings. The van der Waals surface area contributed by atoms with Crippen LogP contribution in [0.1, 0.15) is 72.1 Å². The van der Waals surface area contributed by atoms with E-state index in [1.807, 2.05) is 0 Å². The number of ketones is 2. The fraction of sp³-hybridized carbons (Fsp3) is 0.385. The third-order valence-corrected chi connectivity index (χ3v) is 6.54. The number of carbonyl (C=O) groups is 4. The maximum Gasteiger partial charge on any atom is 0.299 e. The number of benzene rings is 2. The van der Waals surface area contributed by atoms with Gasteiger partial charge in [0, 0.05) is 25.2 Å². The molecule has 0 radical (unpaired) electrons. The molecule has 2 aliphatic rings. The lowest BCUT2D eigenvalue weighted by Gasteiger charge is -2.16. The van der Waals surface area contributed by atoms with E-state index in [2.05, 4.69) is 0 Å². The number of unbranched alkanes of at least 4 members (excludes halogenated alkanes) is 7. The first-order chi connectivity index (χ1) is 17.2. The van der Waals surface area contributed by atoms with Gasteiger partial charge < -0.3 is 9.80 Å². The first-order valence-corrected chi connectivity index (χ1v) is 11.9. The molecule has 2 aliphatic heterocycles. The second-order valence-electron chi connectivity index (χ2n) is 8.97. The largest absolute Gasteiger partial charge is 0.305 e. The lowest BCUT2D eigenvalue weighted by atomic mass is 10.1. The van der Waals surface area contributed by atoms with Crippen LogP contribution in [0.25, 0.3) is 0 Å². The molecule has 190 valence electrons. The molecule has 0 aromatic heterocycles. The van der Waals surface area contributed by atoms with Gasteiger partial charge in [-0.1, -0.05) is 38.5 Å². The van der Waals surface area contributed by atoms with Crippen molar-refractivity contribution in [2.45, 2.75) is 51.4 Å². The average molecular weight is 504 g/mol. The summed E-state index contributed by atoms with van der Waals surface area (Å²) in [5.41, 5.74) is -0.00507. The Bertz CT molecular complexity index is 1150. The smallest absolute Gasteiger partial charge is 0.299 e. The molecule has 0 saturated heterocycles. The highest BCUT2D eigenvalue weighted by molar-refractivity contribution is 6.52. The molecule has 0 bridgehead atoms. The summed E-state index contributed by atoms with van der Waals surface area (Å²) >= 11 is 0. The molecule has 36 heavy (non-hydrogen) atoms. The summed E-state index contributed by atoms with van der Waals surface area (Å²) in [6, 6.07) is 3.29. The lowest BCUT2D eigenvalue weighted by molar-refractivity contribution is -0.114. The van der Waals surface area contributed by atoms with Crippen LogP contribution in [0.4, 0.5) is 28.9 Å². The highest BCUT2D eigenvalue weighted by Crippen LogP contribution is 2.32. The standard InChI is InChI=1S/C26H24F4N2O4/c27-17-11-15-21(13-19(17)29)31(25(35)23(15)33)9-7-5-3-1-2-4-6-8-10-32-22-14-20(30)18(28)12-16(22)24(34)26(32)36/h11-14H,1-10H2. The van der Waals surface area contributed by atoms with E-state index in [0.29, 0.717) is 12.8 Å². The quantitative estimate of drug-likeness (QED) is 0.242. The number of amides is 2. The molecule has 0 unspecified atom stereocenters. The molecule has 6 nitrogen and oxygen atoms in total. The summed E-state index contributed by atoms with van der Waals surface area (Å²) in [6.07, 6.45) is 6.43. The predicted octanol–water partition coefficient (Wildman–Crippen LogP) is 5.12. The number of anilines is 2. The van der Waals surface area contributed by atoms with Crippen LogP contribution in [-0.2, 0) is 9.59 Å². The molecular weight excluding hydrogens is 480 g/mol. The van der Waals surface area contributed by atoms with Crippen LogP contribution in [0.5, 0.6) is 0 Å². The monoisotopic (exact) mass is 504 g/mol. The van der Waals surface area contributed by atoms with Crippen molar-refractivity contribution < 1.29 is 36.7 Å². The van der Waals surface area contributed by atoms with Crippen LogP contribution in [0, 0.1) is 23.3 Å². The van der Waals surface area contributed by atoms with Crippen LogP contribution in [0.15, 0.2) is 24.3 Å². The van der Waals surface area contributed by atoms with Gasteiger partial charge in [-0.05, 0) is 25.0 Å². The molecule has 0 spiro atoms. The molecule has 2 aromatic carbocycles. The summed E-state index contributed by atoms with van der Waals surface area (Å²) in [7, 11) is 0. The normalized spacial score (nSPS) is 14.8. The molecule has 0 saturated carbocycles. The molecule has 0 N–H and O–H groups in total. The van der Waals surface area contributed by atoms with Gasteiger partial charge in [0.15, 0.2) is 23.3 Å². The summed E-state index contributed by atoms with van der Waals surface area (Å²) < 4.78 is 53.9. The topological polar surface area (TPSA) is 74.8 Å². The van der Waals surface area contributed by atoms with Gasteiger partial charge in [-0.15, -0.1) is 0 Å². The van der Waals surface area contributed by atoms with E-state index in [1.165, 1.54) is 9.80 Å². The van der Waals surface area contributed by atoms with E-state index in [4.69, 9.17) is 0 Å². The lowest BCUT2D eigenvalue weighted by Crippen LogP contribution is -2.30. The van der Waals surface area contributed by atoms with Crippen LogP contribution in [0.2, 0.25) is 0 Å². The zero-order chi connectivity index (χ0) is 26.0. The van der Waals surface area contributed by atoms with E-state index in [-0.39, 0.29) is 35.6 Å². The van der Waals surface area contributed by atoms with Crippen molar-refractivity contribution in [3.8, 4) is 0 Å². The van der Waals surface area contributed by atoms with Crippen molar-refractivity contribution in [3.63, 3.8) is 0 Å². The Kier molecular flexibility index (Phi) is 7.51. The Hall–Kier alpha value is -3.56. The predicted molar refractivity (Wildman–Crippen MR) is 123 cm³/mol. The molecule has 10 heteroatoms. The highest BCUT2D eigenvalue weighted by Gasteiger charge is 2.37. The maximum atomic E-state index is 13.6. The first kappa shape index (κ1) is 25.5. The van der Waals surface area contributed by atoms with Crippen molar-refractivity contribution in [1.82, 2.24) is 0 Å². The Morgan fingerprint density at radius 3 is 1.14 bits per heavy atom. The Balaban J connectivity index is 1.12. The van der Waals surface area contributed by atoms with Gasteiger partial charge in [0.05, 0.1) is 22.5 Å². The molecule has 4 rings (SSSR count). The van der Waals surface area contributed by atoms with Crippen molar-refractivity contribution in [1.29, 1.82) is 0 Å². The fourth-order valence-corrected chi connectivity index (χ4v) is 4.62. The van der Waals surface area contributed by atoms with E-state index in [9.17, 15) is 36.7 Å². The summed E-state index contributed by atoms with van der Waals surface area (Å²) in [5, 5.41) is 0. The van der Waals surface area contributed by atoms with E-state index in [1.54, 1.807) is 0 Å². The summed E-state index contributed by atoms with van der Waals surface area (Å²) in [6.45, 7) is 0.494. The van der Waals surface area contributed by atoms with Crippen molar-refractivity contribution in [2.75, 3.05) is 22.9 Å². The molecular formula is C26H24F4N2O4. The molecule has 2 heterocycles. The van der Waals surface area contributed by atoms with Gasteiger partial charge in [0.25, 0.3) is 23.4 Å². The molecule has 0 atom stereocenters. The third kappa shape index (κ3) is 4.89. The van der Waals surface area contributed by atoms with Crippen molar-refractivity contribution in [3.05, 3.63) is 58.7 Å². The number of rotatable bonds is 11. The van der Waals surface area contributed by atoms with Crippen molar-refractivity contribution >= 4 is 34.8 Å². The first-order valence-electron chi connectivity index (χ1n) is 11.9. The fourth-order valence-electron chi connectivity index (χ4n) is 4.62. The Morgan fingerprint density at radius 1 is 0.472 bits per heavy atom. The Morgan fingerprint density at radius 2 is 0.778 bits per heavy atom. The minimum atomic E-state index is -1.16. The van der Waals surface area contributed by atoms with E-state index < -0.39 is 46.6 Å². The number of hydrogen-bond donors (Lipinski definition) is 0. The number of nitrogens with zero attached hydrogens (tertiary/aromatic N) is 2. The van der Waals surface area contributed by atoms with Gasteiger partial charge in [-0.2, -0.15) is 0 Å². The number of carbonyl (C=O) groups excluding carboxylic acids is 4. The molecule has 0 fully saturated rings. The second kappa shape index (κ2) is 10.6. The SMILES string of the molecule is O=C1C(=O)N(CCCCCCCCCCN2C(=O)C(=O)c3cc(F)c(F)cc32)c2cc(F)c(F)cc21. The van der Waals surface area contributed by atoms with Crippen molar-refractivity contribution in [2.24, 2.45) is 0 Å². The number of fused-ring (bicyclic) bond motifs is 2. The number of hydrogen-bond acceptors (Lipinski definition) is 4. The van der Waals surface area contributed by atoms with Crippen LogP contribution in [0.3, 0.4) is 0 Å². The summed E-state index contributed by atoms with van der Waals surface area (Å²) in [5.74, 6) is -7.74. The zero-order valence-corrected chi connectivity index (χ0v) is 19.4.